The highest BCUT2D eigenvalue weighted by Crippen LogP contribution is 2.49. The average molecular weight is 547 g/mol. The Morgan fingerprint density at radius 3 is 1.38 bits per heavy atom. The van der Waals surface area contributed by atoms with E-state index in [4.69, 9.17) is 0 Å². The summed E-state index contributed by atoms with van der Waals surface area (Å²) in [5.74, 6) is 0. The van der Waals surface area contributed by atoms with Gasteiger partial charge in [0.25, 0.3) is 0 Å². The van der Waals surface area contributed by atoms with Gasteiger partial charge >= 0.3 is 0 Å². The maximum atomic E-state index is 2.69. The largest absolute Gasteiger partial charge is 0.282 e. The first-order chi connectivity index (χ1) is 18.5. The van der Waals surface area contributed by atoms with Gasteiger partial charge in [0.05, 0.1) is 10.8 Å². The first kappa shape index (κ1) is 27.4. The number of para-hydroxylation sites is 1. The van der Waals surface area contributed by atoms with Crippen LogP contribution in [0.1, 0.15) is 27.7 Å². The maximum absolute atomic E-state index is 2.69. The fourth-order valence-corrected chi connectivity index (χ4v) is 15.8. The molecule has 4 aromatic carbocycles. The van der Waals surface area contributed by atoms with Gasteiger partial charge < -0.3 is 0 Å². The molecule has 0 saturated carbocycles. The Bertz CT molecular complexity index is 1390. The van der Waals surface area contributed by atoms with Crippen molar-refractivity contribution in [1.29, 1.82) is 0 Å². The highest BCUT2D eigenvalue weighted by molar-refractivity contribution is 7.09. The second kappa shape index (κ2) is 10.1. The Balaban J connectivity index is 1.89. The molecule has 0 radical (unpaired) electrons. The normalized spacial score (nSPS) is 18.7. The van der Waals surface area contributed by atoms with Crippen molar-refractivity contribution in [3.63, 3.8) is 0 Å². The average Bonchev–Trinajstić information content (AvgIpc) is 3.22. The molecule has 0 spiro atoms. The van der Waals surface area contributed by atoms with E-state index < -0.39 is 16.1 Å². The van der Waals surface area contributed by atoms with Gasteiger partial charge in [-0.15, -0.1) is 0 Å². The van der Waals surface area contributed by atoms with Crippen molar-refractivity contribution in [3.05, 3.63) is 133 Å². The van der Waals surface area contributed by atoms with Crippen molar-refractivity contribution in [1.82, 2.24) is 5.01 Å². The second-order valence-electron chi connectivity index (χ2n) is 12.6. The van der Waals surface area contributed by atoms with Gasteiger partial charge in [-0.05, 0) is 40.5 Å². The molecule has 0 aliphatic carbocycles. The Kier molecular flexibility index (Phi) is 7.08. The SMILES string of the molecule is CN1N(c2ccccc2)C([Si](c2ccccc2)(c2ccccc2)C(C)(C)C)=CC1(C)[Si](C)(C)c1ccccc1. The van der Waals surface area contributed by atoms with E-state index in [0.29, 0.717) is 0 Å². The quantitative estimate of drug-likeness (QED) is 0.247. The van der Waals surface area contributed by atoms with E-state index >= 15 is 0 Å². The van der Waals surface area contributed by atoms with Crippen molar-refractivity contribution in [2.75, 3.05) is 12.1 Å². The number of hydrogen-bond acceptors (Lipinski definition) is 2. The molecular weight excluding hydrogens is 505 g/mol. The van der Waals surface area contributed by atoms with E-state index in [1.807, 2.05) is 0 Å². The highest BCUT2D eigenvalue weighted by Gasteiger charge is 2.60. The number of hydrazine groups is 1. The Labute approximate surface area is 237 Å². The summed E-state index contributed by atoms with van der Waals surface area (Å²) < 4.78 is 0. The van der Waals surface area contributed by atoms with E-state index in [-0.39, 0.29) is 10.2 Å². The summed E-state index contributed by atoms with van der Waals surface area (Å²) in [6.07, 6.45) is 2.69. The minimum Gasteiger partial charge on any atom is -0.282 e. The highest BCUT2D eigenvalue weighted by atomic mass is 28.3. The van der Waals surface area contributed by atoms with Crippen LogP contribution in [0.5, 0.6) is 0 Å². The molecule has 0 N–H and O–H groups in total. The van der Waals surface area contributed by atoms with Crippen molar-refractivity contribution in [3.8, 4) is 0 Å². The number of anilines is 1. The first-order valence-corrected chi connectivity index (χ1v) is 19.0. The van der Waals surface area contributed by atoms with Crippen molar-refractivity contribution >= 4 is 37.4 Å². The van der Waals surface area contributed by atoms with Crippen LogP contribution >= 0.6 is 0 Å². The monoisotopic (exact) mass is 546 g/mol. The molecule has 0 bridgehead atoms. The molecule has 200 valence electrons. The van der Waals surface area contributed by atoms with Crippen LogP contribution in [0.3, 0.4) is 0 Å². The van der Waals surface area contributed by atoms with Crippen LogP contribution in [0.2, 0.25) is 18.1 Å². The Morgan fingerprint density at radius 1 is 0.590 bits per heavy atom. The zero-order valence-corrected chi connectivity index (χ0v) is 26.5. The molecule has 0 fully saturated rings. The third-order valence-corrected chi connectivity index (χ3v) is 19.9. The van der Waals surface area contributed by atoms with Gasteiger partial charge in [0.15, 0.2) is 8.07 Å². The van der Waals surface area contributed by atoms with Gasteiger partial charge in [0.2, 0.25) is 0 Å². The molecule has 0 aromatic heterocycles. The fourth-order valence-electron chi connectivity index (χ4n) is 6.76. The van der Waals surface area contributed by atoms with Gasteiger partial charge in [-0.3, -0.25) is 5.01 Å². The minimum absolute atomic E-state index is 0.000887. The molecule has 1 atom stereocenters. The molecule has 1 unspecified atom stereocenters. The van der Waals surface area contributed by atoms with Crippen LogP contribution in [-0.4, -0.2) is 33.4 Å². The van der Waals surface area contributed by atoms with Crippen LogP contribution in [0.4, 0.5) is 5.69 Å². The molecule has 0 amide bonds. The smallest absolute Gasteiger partial charge is 0.175 e. The van der Waals surface area contributed by atoms with E-state index in [2.05, 4.69) is 185 Å². The van der Waals surface area contributed by atoms with Gasteiger partial charge in [-0.2, -0.15) is 0 Å². The van der Waals surface area contributed by atoms with Crippen LogP contribution < -0.4 is 20.6 Å². The maximum Gasteiger partial charge on any atom is 0.175 e. The van der Waals surface area contributed by atoms with Gasteiger partial charge in [0, 0.05) is 12.4 Å². The van der Waals surface area contributed by atoms with Crippen molar-refractivity contribution in [2.24, 2.45) is 0 Å². The summed E-state index contributed by atoms with van der Waals surface area (Å²) in [4.78, 5) is 0. The Hall–Kier alpha value is -3.19. The molecule has 2 nitrogen and oxygen atoms in total. The molecule has 0 saturated heterocycles. The summed E-state index contributed by atoms with van der Waals surface area (Å²) in [6.45, 7) is 14.9. The molecular formula is C35H42N2Si2. The lowest BCUT2D eigenvalue weighted by atomic mass is 10.2. The second-order valence-corrected chi connectivity index (χ2v) is 22.1. The topological polar surface area (TPSA) is 6.48 Å². The molecule has 39 heavy (non-hydrogen) atoms. The van der Waals surface area contributed by atoms with Crippen LogP contribution in [0.15, 0.2) is 133 Å². The first-order valence-electron chi connectivity index (χ1n) is 14.0. The lowest BCUT2D eigenvalue weighted by molar-refractivity contribution is 0.274. The minimum atomic E-state index is -2.60. The lowest BCUT2D eigenvalue weighted by Crippen LogP contribution is -2.69. The van der Waals surface area contributed by atoms with Crippen LogP contribution in [0, 0.1) is 0 Å². The zero-order chi connectivity index (χ0) is 27.9. The summed E-state index contributed by atoms with van der Waals surface area (Å²) in [6, 6.07) is 44.9. The number of nitrogens with zero attached hydrogens (tertiary/aromatic N) is 2. The standard InChI is InChI=1S/C35H42N2Si2/c1-34(2,3)39(31-24-16-10-17-25-31,32-26-18-11-19-27-32)33-28-35(4,38(6,7)30-22-14-9-15-23-30)36(5)37(33)29-20-12-8-13-21-29/h8-28H,1-7H3. The van der Waals surface area contributed by atoms with Crippen molar-refractivity contribution in [2.45, 2.75) is 51.0 Å². The molecule has 4 heteroatoms. The third-order valence-electron chi connectivity index (χ3n) is 9.30. The van der Waals surface area contributed by atoms with E-state index in [1.165, 1.54) is 26.6 Å². The number of benzene rings is 4. The van der Waals surface area contributed by atoms with Crippen LogP contribution in [-0.2, 0) is 0 Å². The summed E-state index contributed by atoms with van der Waals surface area (Å²) >= 11 is 0. The van der Waals surface area contributed by atoms with Gasteiger partial charge in [-0.1, -0.05) is 148 Å². The van der Waals surface area contributed by atoms with E-state index in [1.54, 1.807) is 0 Å². The molecule has 1 aliphatic heterocycles. The number of hydrogen-bond donors (Lipinski definition) is 0. The zero-order valence-electron chi connectivity index (χ0n) is 24.5. The lowest BCUT2D eigenvalue weighted by Gasteiger charge is -2.50. The molecule has 4 aromatic rings. The summed E-state index contributed by atoms with van der Waals surface area (Å²) in [5, 5.41) is 10.8. The van der Waals surface area contributed by atoms with E-state index in [9.17, 15) is 0 Å². The number of rotatable bonds is 6. The van der Waals surface area contributed by atoms with E-state index in [0.717, 1.165) is 0 Å². The van der Waals surface area contributed by atoms with Crippen LogP contribution in [0.25, 0.3) is 0 Å². The molecule has 1 aliphatic rings. The predicted octanol–water partition coefficient (Wildman–Crippen LogP) is 6.75. The third kappa shape index (κ3) is 4.26. The predicted molar refractivity (Wildman–Crippen MR) is 174 cm³/mol. The summed E-state index contributed by atoms with van der Waals surface area (Å²) in [7, 11) is -2.35. The van der Waals surface area contributed by atoms with Crippen molar-refractivity contribution < 1.29 is 0 Å². The number of likely N-dealkylation sites (N-methyl/N-ethyl adjacent to an activating group) is 1. The fraction of sp³-hybridized carbons (Fsp3) is 0.257. The molecule has 1 heterocycles. The van der Waals surface area contributed by atoms with Gasteiger partial charge in [-0.25, -0.2) is 5.01 Å². The Morgan fingerprint density at radius 2 is 0.974 bits per heavy atom. The molecule has 5 rings (SSSR count). The summed E-state index contributed by atoms with van der Waals surface area (Å²) in [5.41, 5.74) is 1.22. The van der Waals surface area contributed by atoms with Gasteiger partial charge in [0.1, 0.15) is 8.07 Å².